The highest BCUT2D eigenvalue weighted by Gasteiger charge is 2.19. The molecule has 2 aromatic heterocycles. The maximum absolute atomic E-state index is 6.44. The zero-order chi connectivity index (χ0) is 29.5. The van der Waals surface area contributed by atoms with E-state index in [9.17, 15) is 0 Å². The number of nitrogens with one attached hydrogen (secondary N) is 1. The van der Waals surface area contributed by atoms with E-state index in [1.165, 1.54) is 21.7 Å². The first-order chi connectivity index (χ1) is 21.8. The Morgan fingerprint density at radius 3 is 2.30 bits per heavy atom. The lowest BCUT2D eigenvalue weighted by molar-refractivity contribution is 0.596. The van der Waals surface area contributed by atoms with Crippen molar-refractivity contribution in [3.8, 4) is 11.1 Å². The molecular formula is C40H31N3O. The quantitative estimate of drug-likeness (QED) is 0.203. The summed E-state index contributed by atoms with van der Waals surface area (Å²) in [6.45, 7) is 0. The van der Waals surface area contributed by atoms with Crippen molar-refractivity contribution < 1.29 is 4.42 Å². The van der Waals surface area contributed by atoms with Gasteiger partial charge in [-0.3, -0.25) is 15.1 Å². The fourth-order valence-corrected chi connectivity index (χ4v) is 6.43. The first-order valence-electron chi connectivity index (χ1n) is 15.1. The zero-order valence-electron chi connectivity index (χ0n) is 24.5. The van der Waals surface area contributed by atoms with Gasteiger partial charge in [0.05, 0.1) is 22.4 Å². The van der Waals surface area contributed by atoms with E-state index < -0.39 is 0 Å². The van der Waals surface area contributed by atoms with Crippen molar-refractivity contribution >= 4 is 50.3 Å². The minimum Gasteiger partial charge on any atom is -0.456 e. The SMILES string of the molecule is C/N=C(\C=C(/Nn1c2ccccc2c2cc(-c3cccc4c5c(oc34)C=CCC5)ccc21)c1ccccc1)c1ccccc1. The fourth-order valence-electron chi connectivity index (χ4n) is 6.43. The molecule has 212 valence electrons. The third-order valence-electron chi connectivity index (χ3n) is 8.57. The van der Waals surface area contributed by atoms with Gasteiger partial charge in [0.1, 0.15) is 11.3 Å². The van der Waals surface area contributed by atoms with Crippen LogP contribution < -0.4 is 5.43 Å². The van der Waals surface area contributed by atoms with E-state index in [0.29, 0.717) is 0 Å². The summed E-state index contributed by atoms with van der Waals surface area (Å²) in [6, 6.07) is 42.5. The molecule has 0 radical (unpaired) electrons. The van der Waals surface area contributed by atoms with Crippen molar-refractivity contribution in [3.05, 3.63) is 156 Å². The molecule has 0 saturated carbocycles. The van der Waals surface area contributed by atoms with Gasteiger partial charge < -0.3 is 4.42 Å². The van der Waals surface area contributed by atoms with Crippen LogP contribution in [0.2, 0.25) is 0 Å². The van der Waals surface area contributed by atoms with Crippen LogP contribution in [0.5, 0.6) is 0 Å². The molecule has 4 heteroatoms. The van der Waals surface area contributed by atoms with Crippen molar-refractivity contribution in [1.82, 2.24) is 4.68 Å². The van der Waals surface area contributed by atoms with Gasteiger partial charge in [0.2, 0.25) is 0 Å². The number of allylic oxidation sites excluding steroid dienone is 2. The largest absolute Gasteiger partial charge is 0.456 e. The normalized spacial score (nSPS) is 13.6. The molecule has 8 rings (SSSR count). The molecule has 0 bridgehead atoms. The van der Waals surface area contributed by atoms with E-state index >= 15 is 0 Å². The number of aliphatic imine (C=N–C) groups is 1. The number of hydrogen-bond donors (Lipinski definition) is 1. The number of para-hydroxylation sites is 2. The Bertz CT molecular complexity index is 2250. The number of benzene rings is 5. The van der Waals surface area contributed by atoms with Gasteiger partial charge in [0.15, 0.2) is 0 Å². The second-order valence-corrected chi connectivity index (χ2v) is 11.2. The molecule has 0 fully saturated rings. The van der Waals surface area contributed by atoms with Crippen molar-refractivity contribution in [2.75, 3.05) is 12.5 Å². The van der Waals surface area contributed by atoms with Crippen LogP contribution in [0, 0.1) is 0 Å². The second kappa shape index (κ2) is 10.9. The molecular weight excluding hydrogens is 538 g/mol. The third kappa shape index (κ3) is 4.43. The van der Waals surface area contributed by atoms with Crippen LogP contribution in [0.15, 0.2) is 143 Å². The van der Waals surface area contributed by atoms with Crippen molar-refractivity contribution in [1.29, 1.82) is 0 Å². The second-order valence-electron chi connectivity index (χ2n) is 11.2. The number of aromatic nitrogens is 1. The van der Waals surface area contributed by atoms with Crippen LogP contribution in [0.1, 0.15) is 28.9 Å². The molecule has 0 unspecified atom stereocenters. The molecule has 0 amide bonds. The number of furan rings is 1. The Morgan fingerprint density at radius 2 is 1.48 bits per heavy atom. The maximum atomic E-state index is 6.44. The van der Waals surface area contributed by atoms with Gasteiger partial charge in [-0.2, -0.15) is 0 Å². The topological polar surface area (TPSA) is 42.5 Å². The summed E-state index contributed by atoms with van der Waals surface area (Å²) >= 11 is 0. The number of rotatable bonds is 6. The van der Waals surface area contributed by atoms with Crippen molar-refractivity contribution in [2.24, 2.45) is 4.99 Å². The Hall–Kier alpha value is -5.61. The van der Waals surface area contributed by atoms with E-state index in [1.54, 1.807) is 0 Å². The lowest BCUT2D eigenvalue weighted by Gasteiger charge is -2.16. The molecule has 1 N–H and O–H groups in total. The van der Waals surface area contributed by atoms with Gasteiger partial charge >= 0.3 is 0 Å². The van der Waals surface area contributed by atoms with Gasteiger partial charge in [-0.15, -0.1) is 0 Å². The average Bonchev–Trinajstić information content (AvgIpc) is 3.63. The molecule has 0 aliphatic heterocycles. The van der Waals surface area contributed by atoms with Crippen LogP contribution in [0.3, 0.4) is 0 Å². The Kier molecular flexibility index (Phi) is 6.45. The fraction of sp³-hybridized carbons (Fsp3) is 0.0750. The van der Waals surface area contributed by atoms with Gasteiger partial charge in [-0.1, -0.05) is 109 Å². The summed E-state index contributed by atoms with van der Waals surface area (Å²) in [5.74, 6) is 0.992. The first-order valence-corrected chi connectivity index (χ1v) is 15.1. The highest BCUT2D eigenvalue weighted by molar-refractivity contribution is 6.14. The Labute approximate surface area is 256 Å². The molecule has 0 atom stereocenters. The molecule has 0 saturated heterocycles. The summed E-state index contributed by atoms with van der Waals surface area (Å²) in [5, 5.41) is 3.58. The van der Waals surface area contributed by atoms with Crippen LogP contribution >= 0.6 is 0 Å². The minimum atomic E-state index is 0.907. The summed E-state index contributed by atoms with van der Waals surface area (Å²) in [7, 11) is 1.84. The molecule has 0 spiro atoms. The van der Waals surface area contributed by atoms with Crippen LogP contribution in [0.25, 0.3) is 55.7 Å². The summed E-state index contributed by atoms with van der Waals surface area (Å²) in [5.41, 5.74) is 14.5. The van der Waals surface area contributed by atoms with Gasteiger partial charge in [-0.05, 0) is 59.9 Å². The summed E-state index contributed by atoms with van der Waals surface area (Å²) in [4.78, 5) is 4.65. The van der Waals surface area contributed by atoms with Crippen molar-refractivity contribution in [2.45, 2.75) is 12.8 Å². The molecule has 4 nitrogen and oxygen atoms in total. The molecule has 2 heterocycles. The first kappa shape index (κ1) is 26.1. The lowest BCUT2D eigenvalue weighted by Crippen LogP contribution is -2.15. The smallest absolute Gasteiger partial charge is 0.142 e. The molecule has 1 aliphatic carbocycles. The molecule has 5 aromatic carbocycles. The predicted molar refractivity (Wildman–Crippen MR) is 185 cm³/mol. The molecule has 1 aliphatic rings. The summed E-state index contributed by atoms with van der Waals surface area (Å²) in [6.07, 6.45) is 8.53. The molecule has 44 heavy (non-hydrogen) atoms. The Balaban J connectivity index is 1.29. The Morgan fingerprint density at radius 1 is 0.750 bits per heavy atom. The van der Waals surface area contributed by atoms with E-state index in [2.05, 4.69) is 130 Å². The molecule has 7 aromatic rings. The predicted octanol–water partition coefficient (Wildman–Crippen LogP) is 9.87. The third-order valence-corrected chi connectivity index (χ3v) is 8.57. The zero-order valence-corrected chi connectivity index (χ0v) is 24.5. The average molecular weight is 570 g/mol. The highest BCUT2D eigenvalue weighted by Crippen LogP contribution is 2.39. The van der Waals surface area contributed by atoms with Gasteiger partial charge in [-0.25, -0.2) is 0 Å². The number of aryl methyl sites for hydroxylation is 1. The maximum Gasteiger partial charge on any atom is 0.142 e. The summed E-state index contributed by atoms with van der Waals surface area (Å²) < 4.78 is 8.64. The van der Waals surface area contributed by atoms with E-state index in [-0.39, 0.29) is 0 Å². The van der Waals surface area contributed by atoms with Crippen LogP contribution in [0.4, 0.5) is 0 Å². The van der Waals surface area contributed by atoms with E-state index in [1.807, 2.05) is 31.3 Å². The van der Waals surface area contributed by atoms with Crippen molar-refractivity contribution in [3.63, 3.8) is 0 Å². The van der Waals surface area contributed by atoms with Crippen LogP contribution in [-0.4, -0.2) is 17.4 Å². The lowest BCUT2D eigenvalue weighted by atomic mass is 9.97. The highest BCUT2D eigenvalue weighted by atomic mass is 16.3. The van der Waals surface area contributed by atoms with E-state index in [0.717, 1.165) is 68.9 Å². The number of hydrogen-bond acceptors (Lipinski definition) is 3. The van der Waals surface area contributed by atoms with Gasteiger partial charge in [0, 0.05) is 34.3 Å². The number of nitrogens with zero attached hydrogens (tertiary/aromatic N) is 2. The standard InChI is InChI=1S/C40H31N3O/c1-41-35(27-13-4-2-5-14-27)26-36(28-15-6-3-7-16-28)42-43-37-21-10-8-17-31(37)34-25-29(23-24-38(34)43)30-19-12-20-33-32-18-9-11-22-39(32)44-40(30)33/h2-8,10-17,19-26,42H,9,18H2,1H3/b36-26-,41-35+. The van der Waals surface area contributed by atoms with Gasteiger partial charge in [0.25, 0.3) is 0 Å². The van der Waals surface area contributed by atoms with E-state index in [4.69, 9.17) is 4.42 Å². The minimum absolute atomic E-state index is 0.907. The van der Waals surface area contributed by atoms with Crippen LogP contribution in [-0.2, 0) is 6.42 Å². The number of fused-ring (bicyclic) bond motifs is 6. The monoisotopic (exact) mass is 569 g/mol.